The summed E-state index contributed by atoms with van der Waals surface area (Å²) in [6, 6.07) is 9.60. The first-order valence-electron chi connectivity index (χ1n) is 9.14. The third-order valence-electron chi connectivity index (χ3n) is 4.41. The van der Waals surface area contributed by atoms with Gasteiger partial charge in [-0.25, -0.2) is 0 Å². The molecule has 0 fully saturated rings. The van der Waals surface area contributed by atoms with E-state index in [-0.39, 0.29) is 5.91 Å². The van der Waals surface area contributed by atoms with Gasteiger partial charge in [0, 0.05) is 23.8 Å². The van der Waals surface area contributed by atoms with E-state index in [0.717, 1.165) is 35.4 Å². The number of amides is 1. The number of thioether (sulfide) groups is 1. The van der Waals surface area contributed by atoms with E-state index in [4.69, 9.17) is 4.74 Å². The van der Waals surface area contributed by atoms with Crippen molar-refractivity contribution in [3.8, 4) is 17.1 Å². The number of nitrogens with zero attached hydrogens (tertiary/aromatic N) is 4. The summed E-state index contributed by atoms with van der Waals surface area (Å²) >= 11 is 3.13. The maximum Gasteiger partial charge on any atom is 0.247 e. The van der Waals surface area contributed by atoms with Crippen LogP contribution in [0.4, 0.5) is 5.69 Å². The van der Waals surface area contributed by atoms with Crippen LogP contribution in [0.1, 0.15) is 38.5 Å². The molecule has 1 atom stereocenters. The Labute approximate surface area is 172 Å². The van der Waals surface area contributed by atoms with Crippen molar-refractivity contribution in [2.24, 2.45) is 0 Å². The molecule has 1 amide bonds. The maximum atomic E-state index is 12.6. The summed E-state index contributed by atoms with van der Waals surface area (Å²) in [4.78, 5) is 18.9. The van der Waals surface area contributed by atoms with E-state index in [0.29, 0.717) is 16.7 Å². The second-order valence-electron chi connectivity index (χ2n) is 6.38. The van der Waals surface area contributed by atoms with Gasteiger partial charge in [-0.05, 0) is 29.3 Å². The summed E-state index contributed by atoms with van der Waals surface area (Å²) in [6.07, 6.45) is 1.60. The lowest BCUT2D eigenvalue weighted by Crippen LogP contribution is -2.35. The SMILES string of the molecule is CCCCSc1nnc2c(n1)O[C@@H](c1ccsc1)N(C(C)=O)c1ccccc1-2. The fourth-order valence-corrected chi connectivity index (χ4v) is 4.58. The number of ether oxygens (including phenoxy) is 1. The molecule has 3 aromatic rings. The molecule has 0 N–H and O–H groups in total. The molecule has 0 aliphatic carbocycles. The molecule has 8 heteroatoms. The summed E-state index contributed by atoms with van der Waals surface area (Å²) < 4.78 is 6.29. The zero-order valence-corrected chi connectivity index (χ0v) is 17.3. The molecule has 0 saturated heterocycles. The monoisotopic (exact) mass is 412 g/mol. The number of carbonyl (C=O) groups excluding carboxylic acids is 1. The van der Waals surface area contributed by atoms with Crippen LogP contribution in [0, 0.1) is 0 Å². The molecule has 144 valence electrons. The predicted molar refractivity (Wildman–Crippen MR) is 112 cm³/mol. The number of carbonyl (C=O) groups is 1. The van der Waals surface area contributed by atoms with Crippen molar-refractivity contribution >= 4 is 34.7 Å². The summed E-state index contributed by atoms with van der Waals surface area (Å²) in [5.41, 5.74) is 2.99. The van der Waals surface area contributed by atoms with Crippen molar-refractivity contribution < 1.29 is 9.53 Å². The minimum Gasteiger partial charge on any atom is -0.447 e. The number of hydrogen-bond acceptors (Lipinski definition) is 7. The van der Waals surface area contributed by atoms with Crippen LogP contribution in [0.2, 0.25) is 0 Å². The first-order valence-corrected chi connectivity index (χ1v) is 11.1. The first-order chi connectivity index (χ1) is 13.7. The van der Waals surface area contributed by atoms with E-state index in [2.05, 4.69) is 22.1 Å². The van der Waals surface area contributed by atoms with Crippen LogP contribution in [-0.4, -0.2) is 26.8 Å². The Bertz CT molecular complexity index is 978. The normalized spacial score (nSPS) is 15.4. The first kappa shape index (κ1) is 18.9. The van der Waals surface area contributed by atoms with Crippen molar-refractivity contribution in [1.82, 2.24) is 15.2 Å². The zero-order chi connectivity index (χ0) is 19.5. The molecule has 28 heavy (non-hydrogen) atoms. The number of benzene rings is 1. The molecule has 0 unspecified atom stereocenters. The van der Waals surface area contributed by atoms with Gasteiger partial charge >= 0.3 is 0 Å². The molecule has 1 aliphatic rings. The Kier molecular flexibility index (Phi) is 5.59. The molecule has 0 saturated carbocycles. The average Bonchev–Trinajstić information content (AvgIpc) is 3.18. The van der Waals surface area contributed by atoms with Crippen LogP contribution in [0.3, 0.4) is 0 Å². The minimum absolute atomic E-state index is 0.109. The van der Waals surface area contributed by atoms with Crippen LogP contribution in [0.15, 0.2) is 46.2 Å². The molecule has 6 nitrogen and oxygen atoms in total. The fraction of sp³-hybridized carbons (Fsp3) is 0.300. The molecule has 0 bridgehead atoms. The highest BCUT2D eigenvalue weighted by Gasteiger charge is 2.34. The van der Waals surface area contributed by atoms with E-state index in [1.54, 1.807) is 34.9 Å². The number of hydrogen-bond donors (Lipinski definition) is 0. The van der Waals surface area contributed by atoms with Gasteiger partial charge in [-0.3, -0.25) is 9.69 Å². The van der Waals surface area contributed by atoms with Crippen LogP contribution >= 0.6 is 23.1 Å². The number of anilines is 1. The second kappa shape index (κ2) is 8.28. The average molecular weight is 413 g/mol. The van der Waals surface area contributed by atoms with E-state index < -0.39 is 6.23 Å². The fourth-order valence-electron chi connectivity index (χ4n) is 3.05. The molecule has 0 radical (unpaired) electrons. The number of unbranched alkanes of at least 4 members (excludes halogenated alkanes) is 1. The van der Waals surface area contributed by atoms with Crippen molar-refractivity contribution in [3.05, 3.63) is 46.7 Å². The topological polar surface area (TPSA) is 68.2 Å². The number of fused-ring (bicyclic) bond motifs is 3. The molecule has 0 spiro atoms. The van der Waals surface area contributed by atoms with Gasteiger partial charge in [0.15, 0.2) is 5.69 Å². The van der Waals surface area contributed by atoms with Crippen molar-refractivity contribution in [2.45, 2.75) is 38.1 Å². The van der Waals surface area contributed by atoms with Gasteiger partial charge in [0.25, 0.3) is 0 Å². The Hall–Kier alpha value is -2.45. The number of aromatic nitrogens is 3. The number of para-hydroxylation sites is 1. The van der Waals surface area contributed by atoms with E-state index in [1.165, 1.54) is 0 Å². The van der Waals surface area contributed by atoms with Crippen molar-refractivity contribution in [1.29, 1.82) is 0 Å². The predicted octanol–water partition coefficient (Wildman–Crippen LogP) is 4.94. The third-order valence-corrected chi connectivity index (χ3v) is 6.03. The molecular weight excluding hydrogens is 392 g/mol. The highest BCUT2D eigenvalue weighted by Crippen LogP contribution is 2.43. The van der Waals surface area contributed by atoms with Gasteiger partial charge in [0.1, 0.15) is 0 Å². The Morgan fingerprint density at radius 2 is 2.14 bits per heavy atom. The van der Waals surface area contributed by atoms with Gasteiger partial charge in [0.2, 0.25) is 23.2 Å². The van der Waals surface area contributed by atoms with Gasteiger partial charge < -0.3 is 4.74 Å². The second-order valence-corrected chi connectivity index (χ2v) is 8.23. The van der Waals surface area contributed by atoms with Crippen molar-refractivity contribution in [2.75, 3.05) is 10.7 Å². The Morgan fingerprint density at radius 3 is 2.89 bits per heavy atom. The highest BCUT2D eigenvalue weighted by molar-refractivity contribution is 7.99. The van der Waals surface area contributed by atoms with E-state index >= 15 is 0 Å². The molecular formula is C20H20N4O2S2. The van der Waals surface area contributed by atoms with Crippen LogP contribution in [0.25, 0.3) is 11.3 Å². The lowest BCUT2D eigenvalue weighted by atomic mass is 10.1. The molecule has 4 rings (SSSR count). The van der Waals surface area contributed by atoms with Gasteiger partial charge in [-0.15, -0.1) is 10.2 Å². The van der Waals surface area contributed by atoms with Crippen LogP contribution < -0.4 is 9.64 Å². The lowest BCUT2D eigenvalue weighted by molar-refractivity contribution is -0.118. The molecule has 2 aromatic heterocycles. The molecule has 1 aromatic carbocycles. The quantitative estimate of drug-likeness (QED) is 0.437. The third kappa shape index (κ3) is 3.62. The minimum atomic E-state index is -0.601. The standard InChI is InChI=1S/C20H20N4O2S2/c1-3-4-10-28-20-21-18-17(22-23-20)15-7-5-6-8-16(15)24(13(2)25)19(26-18)14-9-11-27-12-14/h5-9,11-12,19H,3-4,10H2,1-2H3/t19-/m0/s1. The molecule has 1 aliphatic heterocycles. The smallest absolute Gasteiger partial charge is 0.247 e. The van der Waals surface area contributed by atoms with Crippen LogP contribution in [0.5, 0.6) is 5.88 Å². The van der Waals surface area contributed by atoms with Crippen molar-refractivity contribution in [3.63, 3.8) is 0 Å². The zero-order valence-electron chi connectivity index (χ0n) is 15.7. The molecule has 3 heterocycles. The van der Waals surface area contributed by atoms with Gasteiger partial charge in [-0.2, -0.15) is 16.3 Å². The number of thiophene rings is 1. The van der Waals surface area contributed by atoms with E-state index in [9.17, 15) is 4.79 Å². The van der Waals surface area contributed by atoms with Gasteiger partial charge in [-0.1, -0.05) is 43.3 Å². The Morgan fingerprint density at radius 1 is 1.29 bits per heavy atom. The highest BCUT2D eigenvalue weighted by atomic mass is 32.2. The Balaban J connectivity index is 1.83. The van der Waals surface area contributed by atoms with E-state index in [1.807, 2.05) is 41.1 Å². The maximum absolute atomic E-state index is 12.6. The summed E-state index contributed by atoms with van der Waals surface area (Å²) in [7, 11) is 0. The van der Waals surface area contributed by atoms with Gasteiger partial charge in [0.05, 0.1) is 5.69 Å². The van der Waals surface area contributed by atoms with Crippen LogP contribution in [-0.2, 0) is 4.79 Å². The number of rotatable bonds is 5. The summed E-state index contributed by atoms with van der Waals surface area (Å²) in [5, 5.41) is 13.2. The summed E-state index contributed by atoms with van der Waals surface area (Å²) in [5.74, 6) is 1.23. The summed E-state index contributed by atoms with van der Waals surface area (Å²) in [6.45, 7) is 3.69. The lowest BCUT2D eigenvalue weighted by Gasteiger charge is -2.29. The largest absolute Gasteiger partial charge is 0.447 e.